The number of aliphatic hydroxyl groups is 1. The van der Waals surface area contributed by atoms with Gasteiger partial charge in [-0.15, -0.1) is 0 Å². The van der Waals surface area contributed by atoms with E-state index >= 15 is 0 Å². The fraction of sp³-hybridized carbons (Fsp3) is 1.00. The second-order valence-electron chi connectivity index (χ2n) is 2.24. The van der Waals surface area contributed by atoms with Crippen molar-refractivity contribution >= 4 is 23.8 Å². The van der Waals surface area contributed by atoms with Crippen LogP contribution >= 0.6 is 23.8 Å². The Morgan fingerprint density at radius 2 is 2.15 bits per heavy atom. The fourth-order valence-corrected chi connectivity index (χ4v) is 1.94. The van der Waals surface area contributed by atoms with E-state index in [-0.39, 0.29) is 35.7 Å². The van der Waals surface area contributed by atoms with Crippen LogP contribution < -0.4 is 34.8 Å². The van der Waals surface area contributed by atoms with Crippen molar-refractivity contribution in [3.8, 4) is 0 Å². The Hall–Kier alpha value is 1.54. The first-order valence-electron chi connectivity index (χ1n) is 3.61. The molecule has 0 aromatic heterocycles. The minimum atomic E-state index is -0.246. The molecule has 0 aliphatic rings. The smallest absolute Gasteiger partial charge is 0.691 e. The van der Waals surface area contributed by atoms with Gasteiger partial charge >= 0.3 is 29.6 Å². The van der Waals surface area contributed by atoms with Crippen LogP contribution in [0.1, 0.15) is 13.3 Å². The van der Waals surface area contributed by atoms with Crippen LogP contribution in [-0.2, 0) is 9.37 Å². The van der Waals surface area contributed by atoms with Crippen molar-refractivity contribution in [2.75, 3.05) is 17.3 Å². The molecule has 1 N–H and O–H groups in total. The van der Waals surface area contributed by atoms with Gasteiger partial charge in [0.05, 0.1) is 6.10 Å². The first-order valence-corrected chi connectivity index (χ1v) is 5.68. The number of thioether (sulfide) groups is 1. The van der Waals surface area contributed by atoms with E-state index in [0.29, 0.717) is 0 Å². The largest absolute Gasteiger partial charge is 1.00 e. The average molecular weight is 236 g/mol. The molecule has 0 aliphatic carbocycles. The van der Waals surface area contributed by atoms with Crippen molar-refractivity contribution in [3.05, 3.63) is 0 Å². The predicted octanol–water partition coefficient (Wildman–Crippen LogP) is -2.63. The van der Waals surface area contributed by atoms with Crippen LogP contribution in [0.2, 0.25) is 0 Å². The Labute approximate surface area is 109 Å². The standard InChI is InChI=1S/C6H14O4S2.Na/c1-6(7)5-11-3-2-4-12-10-9-8;/h6-8H,2-5H2,1H3;/q;+1/p-1. The molecule has 0 spiro atoms. The normalized spacial score (nSPS) is 12.2. The summed E-state index contributed by atoms with van der Waals surface area (Å²) in [7, 11) is 0. The molecular formula is C6H13NaO4S2. The van der Waals surface area contributed by atoms with Crippen LogP contribution in [0.4, 0.5) is 0 Å². The molecule has 74 valence electrons. The summed E-state index contributed by atoms with van der Waals surface area (Å²) in [6, 6.07) is 0. The van der Waals surface area contributed by atoms with Crippen LogP contribution in [0.3, 0.4) is 0 Å². The third kappa shape index (κ3) is 16.2. The number of rotatable bonds is 8. The van der Waals surface area contributed by atoms with Crippen molar-refractivity contribution in [3.63, 3.8) is 0 Å². The van der Waals surface area contributed by atoms with Gasteiger partial charge in [0.2, 0.25) is 0 Å². The van der Waals surface area contributed by atoms with Crippen LogP contribution in [0.5, 0.6) is 0 Å². The van der Waals surface area contributed by atoms with Gasteiger partial charge in [-0.25, -0.2) is 0 Å². The van der Waals surface area contributed by atoms with Gasteiger partial charge in [0.1, 0.15) is 0 Å². The maximum Gasteiger partial charge on any atom is 1.00 e. The third-order valence-electron chi connectivity index (χ3n) is 0.951. The van der Waals surface area contributed by atoms with Gasteiger partial charge in [-0.2, -0.15) is 16.1 Å². The summed E-state index contributed by atoms with van der Waals surface area (Å²) >= 11 is 2.68. The van der Waals surface area contributed by atoms with Crippen molar-refractivity contribution in [1.82, 2.24) is 0 Å². The summed E-state index contributed by atoms with van der Waals surface area (Å²) in [6.45, 7) is 1.76. The maximum atomic E-state index is 9.33. The molecule has 0 aromatic carbocycles. The molecule has 0 rings (SSSR count). The summed E-state index contributed by atoms with van der Waals surface area (Å²) in [5.74, 6) is 2.44. The molecule has 0 saturated heterocycles. The van der Waals surface area contributed by atoms with Crippen molar-refractivity contribution < 1.29 is 49.3 Å². The quantitative estimate of drug-likeness (QED) is 0.163. The summed E-state index contributed by atoms with van der Waals surface area (Å²) < 4.78 is 4.06. The minimum Gasteiger partial charge on any atom is -0.691 e. The summed E-state index contributed by atoms with van der Waals surface area (Å²) in [5.41, 5.74) is 0. The molecule has 0 aromatic rings. The molecular weight excluding hydrogens is 223 g/mol. The molecule has 1 unspecified atom stereocenters. The molecule has 4 nitrogen and oxygen atoms in total. The Kier molecular flexibility index (Phi) is 17.7. The Bertz CT molecular complexity index is 96.7. The molecule has 0 aliphatic heterocycles. The van der Waals surface area contributed by atoms with Crippen LogP contribution in [0.15, 0.2) is 0 Å². The molecule has 13 heavy (non-hydrogen) atoms. The van der Waals surface area contributed by atoms with Gasteiger partial charge in [0, 0.05) is 23.5 Å². The fourth-order valence-electron chi connectivity index (χ4n) is 0.527. The van der Waals surface area contributed by atoms with Gasteiger partial charge in [0.15, 0.2) is 0 Å². The summed E-state index contributed by atoms with van der Waals surface area (Å²) in [5, 5.41) is 21.4. The van der Waals surface area contributed by atoms with Gasteiger partial charge in [-0.1, -0.05) is 0 Å². The van der Waals surface area contributed by atoms with Gasteiger partial charge in [-0.3, -0.25) is 5.04 Å². The van der Waals surface area contributed by atoms with Crippen LogP contribution in [0, 0.1) is 0 Å². The van der Waals surface area contributed by atoms with E-state index in [1.54, 1.807) is 18.7 Å². The van der Waals surface area contributed by atoms with E-state index in [1.165, 1.54) is 0 Å². The molecule has 0 radical (unpaired) electrons. The van der Waals surface area contributed by atoms with E-state index in [0.717, 1.165) is 35.7 Å². The van der Waals surface area contributed by atoms with Gasteiger partial charge in [-0.05, 0) is 19.1 Å². The molecule has 0 bridgehead atoms. The van der Waals surface area contributed by atoms with E-state index in [1.807, 2.05) is 0 Å². The van der Waals surface area contributed by atoms with Crippen molar-refractivity contribution in [1.29, 1.82) is 0 Å². The maximum absolute atomic E-state index is 9.33. The monoisotopic (exact) mass is 236 g/mol. The van der Waals surface area contributed by atoms with E-state index < -0.39 is 0 Å². The van der Waals surface area contributed by atoms with Gasteiger partial charge in [0.25, 0.3) is 0 Å². The number of hydrogen-bond acceptors (Lipinski definition) is 6. The first kappa shape index (κ1) is 17.0. The topological polar surface area (TPSA) is 61.8 Å². The van der Waals surface area contributed by atoms with Crippen LogP contribution in [-0.4, -0.2) is 28.5 Å². The zero-order valence-electron chi connectivity index (χ0n) is 7.89. The second-order valence-corrected chi connectivity index (χ2v) is 4.17. The molecule has 0 heterocycles. The zero-order valence-corrected chi connectivity index (χ0v) is 11.5. The Morgan fingerprint density at radius 1 is 1.46 bits per heavy atom. The third-order valence-corrected chi connectivity index (χ3v) is 2.85. The van der Waals surface area contributed by atoms with E-state index in [9.17, 15) is 5.26 Å². The SMILES string of the molecule is CC(O)CSCCCSOO[O-].[Na+]. The van der Waals surface area contributed by atoms with Crippen molar-refractivity contribution in [2.45, 2.75) is 19.4 Å². The molecule has 0 fully saturated rings. The average Bonchev–Trinajstić information content (AvgIpc) is 2.02. The first-order chi connectivity index (χ1) is 5.77. The summed E-state index contributed by atoms with van der Waals surface area (Å²) in [4.78, 5) is 0. The molecule has 0 amide bonds. The minimum absolute atomic E-state index is 0. The Balaban J connectivity index is 0. The van der Waals surface area contributed by atoms with E-state index in [2.05, 4.69) is 9.37 Å². The van der Waals surface area contributed by atoms with Crippen LogP contribution in [0.25, 0.3) is 0 Å². The molecule has 1 atom stereocenters. The zero-order chi connectivity index (χ0) is 9.23. The summed E-state index contributed by atoms with van der Waals surface area (Å²) in [6.07, 6.45) is 0.690. The van der Waals surface area contributed by atoms with Gasteiger partial charge < -0.3 is 10.4 Å². The van der Waals surface area contributed by atoms with Crippen molar-refractivity contribution in [2.24, 2.45) is 0 Å². The molecule has 0 saturated carbocycles. The number of aliphatic hydroxyl groups excluding tert-OH is 1. The number of hydrogen-bond donors (Lipinski definition) is 1. The second kappa shape index (κ2) is 13.5. The Morgan fingerprint density at radius 3 is 2.69 bits per heavy atom. The predicted molar refractivity (Wildman–Crippen MR) is 48.3 cm³/mol. The molecule has 7 heteroatoms. The van der Waals surface area contributed by atoms with E-state index in [4.69, 9.17) is 5.11 Å².